The lowest BCUT2D eigenvalue weighted by atomic mass is 9.94. The van der Waals surface area contributed by atoms with Crippen molar-refractivity contribution in [3.63, 3.8) is 0 Å². The van der Waals surface area contributed by atoms with E-state index in [1.165, 1.54) is 13.8 Å². The number of piperazine rings is 1. The molecule has 3 amide bonds. The number of carbonyl (C=O) groups is 3. The normalized spacial score (nSPS) is 15.6. The van der Waals surface area contributed by atoms with Crippen molar-refractivity contribution in [3.8, 4) is 0 Å². The highest BCUT2D eigenvalue weighted by Gasteiger charge is 2.27. The van der Waals surface area contributed by atoms with E-state index >= 15 is 0 Å². The van der Waals surface area contributed by atoms with E-state index in [-0.39, 0.29) is 19.0 Å². The Balaban J connectivity index is 2.25. The van der Waals surface area contributed by atoms with Crippen molar-refractivity contribution in [2.24, 2.45) is 5.41 Å². The zero-order chi connectivity index (χ0) is 15.2. The van der Waals surface area contributed by atoms with Gasteiger partial charge in [0.05, 0.1) is 12.0 Å². The minimum absolute atomic E-state index is 0.00398. The summed E-state index contributed by atoms with van der Waals surface area (Å²) in [5.41, 5.74) is -1.04. The maximum atomic E-state index is 11.8. The van der Waals surface area contributed by atoms with Crippen molar-refractivity contribution in [3.05, 3.63) is 0 Å². The molecule has 0 radical (unpaired) electrons. The fraction of sp³-hybridized carbons (Fsp3) is 0.750. The molecule has 1 rings (SSSR count). The van der Waals surface area contributed by atoms with Crippen LogP contribution in [0.15, 0.2) is 0 Å². The van der Waals surface area contributed by atoms with Crippen LogP contribution in [0.1, 0.15) is 13.8 Å². The zero-order valence-electron chi connectivity index (χ0n) is 11.9. The first kappa shape index (κ1) is 16.2. The largest absolute Gasteiger partial charge is 0.481 e. The van der Waals surface area contributed by atoms with Crippen molar-refractivity contribution in [1.82, 2.24) is 20.9 Å². The third-order valence-corrected chi connectivity index (χ3v) is 3.14. The molecule has 1 aliphatic rings. The Hall–Kier alpha value is -1.83. The Morgan fingerprint density at radius 2 is 1.80 bits per heavy atom. The molecule has 0 saturated carbocycles. The van der Waals surface area contributed by atoms with Crippen LogP contribution < -0.4 is 16.0 Å². The highest BCUT2D eigenvalue weighted by atomic mass is 16.4. The lowest BCUT2D eigenvalue weighted by Gasteiger charge is -2.27. The molecule has 20 heavy (non-hydrogen) atoms. The number of nitrogens with zero attached hydrogens (tertiary/aromatic N) is 1. The molecule has 0 spiro atoms. The van der Waals surface area contributed by atoms with Crippen molar-refractivity contribution in [2.75, 3.05) is 39.3 Å². The first-order valence-electron chi connectivity index (χ1n) is 6.56. The summed E-state index contributed by atoms with van der Waals surface area (Å²) < 4.78 is 0. The van der Waals surface area contributed by atoms with E-state index in [1.54, 1.807) is 4.90 Å². The molecule has 8 nitrogen and oxygen atoms in total. The van der Waals surface area contributed by atoms with Gasteiger partial charge in [0.2, 0.25) is 5.91 Å². The van der Waals surface area contributed by atoms with Crippen LogP contribution in [0.5, 0.6) is 0 Å². The van der Waals surface area contributed by atoms with Crippen LogP contribution in [0.25, 0.3) is 0 Å². The minimum atomic E-state index is -1.04. The monoisotopic (exact) mass is 286 g/mol. The lowest BCUT2D eigenvalue weighted by molar-refractivity contribution is -0.146. The Labute approximate surface area is 117 Å². The Morgan fingerprint density at radius 3 is 2.35 bits per heavy atom. The van der Waals surface area contributed by atoms with Crippen LogP contribution in [0.4, 0.5) is 4.79 Å². The number of carbonyl (C=O) groups excluding carboxylic acids is 2. The molecule has 0 aliphatic carbocycles. The fourth-order valence-corrected chi connectivity index (χ4v) is 1.62. The van der Waals surface area contributed by atoms with E-state index in [4.69, 9.17) is 5.11 Å². The summed E-state index contributed by atoms with van der Waals surface area (Å²) in [6.07, 6.45) is 0. The summed E-state index contributed by atoms with van der Waals surface area (Å²) in [6.45, 7) is 5.72. The van der Waals surface area contributed by atoms with Gasteiger partial charge >= 0.3 is 12.0 Å². The predicted molar refractivity (Wildman–Crippen MR) is 72.3 cm³/mol. The maximum absolute atomic E-state index is 11.8. The first-order valence-corrected chi connectivity index (χ1v) is 6.56. The van der Waals surface area contributed by atoms with Gasteiger partial charge < -0.3 is 26.0 Å². The van der Waals surface area contributed by atoms with E-state index < -0.39 is 17.4 Å². The third-order valence-electron chi connectivity index (χ3n) is 3.14. The third kappa shape index (κ3) is 5.04. The summed E-state index contributed by atoms with van der Waals surface area (Å²) in [7, 11) is 0. The highest BCUT2D eigenvalue weighted by molar-refractivity contribution is 5.84. The van der Waals surface area contributed by atoms with Gasteiger partial charge in [-0.2, -0.15) is 0 Å². The molecule has 114 valence electrons. The van der Waals surface area contributed by atoms with E-state index in [0.717, 1.165) is 13.1 Å². The molecule has 0 aromatic heterocycles. The number of hydrogen-bond acceptors (Lipinski definition) is 4. The molecular weight excluding hydrogens is 264 g/mol. The molecule has 1 fully saturated rings. The molecule has 0 bridgehead atoms. The Kier molecular flexibility index (Phi) is 5.75. The first-order chi connectivity index (χ1) is 9.33. The van der Waals surface area contributed by atoms with Gasteiger partial charge in [0.1, 0.15) is 0 Å². The van der Waals surface area contributed by atoms with Gasteiger partial charge in [-0.05, 0) is 13.8 Å². The Morgan fingerprint density at radius 1 is 1.20 bits per heavy atom. The quantitative estimate of drug-likeness (QED) is 0.509. The van der Waals surface area contributed by atoms with Gasteiger partial charge in [0.25, 0.3) is 0 Å². The number of carboxylic acids is 1. The Bertz CT molecular complexity index is 378. The van der Waals surface area contributed by atoms with Crippen LogP contribution in [-0.2, 0) is 9.59 Å². The molecule has 0 aromatic carbocycles. The number of urea groups is 1. The number of aliphatic carboxylic acids is 1. The van der Waals surface area contributed by atoms with E-state index in [2.05, 4.69) is 16.0 Å². The van der Waals surface area contributed by atoms with Crippen LogP contribution >= 0.6 is 0 Å². The van der Waals surface area contributed by atoms with Gasteiger partial charge in [-0.3, -0.25) is 9.59 Å². The topological polar surface area (TPSA) is 111 Å². The number of hydrogen-bond donors (Lipinski definition) is 4. The second-order valence-corrected chi connectivity index (χ2v) is 5.36. The molecule has 8 heteroatoms. The van der Waals surface area contributed by atoms with Gasteiger partial charge in [0, 0.05) is 32.7 Å². The lowest BCUT2D eigenvalue weighted by Crippen LogP contribution is -2.51. The van der Waals surface area contributed by atoms with Crippen molar-refractivity contribution in [1.29, 1.82) is 0 Å². The second-order valence-electron chi connectivity index (χ2n) is 5.36. The van der Waals surface area contributed by atoms with E-state index in [0.29, 0.717) is 13.1 Å². The summed E-state index contributed by atoms with van der Waals surface area (Å²) >= 11 is 0. The average molecular weight is 286 g/mol. The fourth-order valence-electron chi connectivity index (χ4n) is 1.62. The maximum Gasteiger partial charge on any atom is 0.315 e. The van der Waals surface area contributed by atoms with Crippen molar-refractivity contribution >= 4 is 17.9 Å². The summed E-state index contributed by atoms with van der Waals surface area (Å²) in [5, 5.41) is 16.9. The summed E-state index contributed by atoms with van der Waals surface area (Å²) in [4.78, 5) is 35.8. The van der Waals surface area contributed by atoms with Gasteiger partial charge in [0.15, 0.2) is 0 Å². The summed E-state index contributed by atoms with van der Waals surface area (Å²) in [6, 6.07) is -0.539. The second kappa shape index (κ2) is 7.09. The molecule has 0 atom stereocenters. The smallest absolute Gasteiger partial charge is 0.315 e. The van der Waals surface area contributed by atoms with Crippen LogP contribution in [0.2, 0.25) is 0 Å². The summed E-state index contributed by atoms with van der Waals surface area (Å²) in [5.74, 6) is -1.13. The molecule has 0 aromatic rings. The minimum Gasteiger partial charge on any atom is -0.481 e. The molecule has 1 heterocycles. The van der Waals surface area contributed by atoms with Gasteiger partial charge in [-0.25, -0.2) is 4.79 Å². The number of nitrogens with one attached hydrogen (secondary N) is 3. The molecule has 1 aliphatic heterocycles. The average Bonchev–Trinajstić information content (AvgIpc) is 2.43. The van der Waals surface area contributed by atoms with Crippen LogP contribution in [-0.4, -0.2) is 67.2 Å². The number of rotatable bonds is 5. The van der Waals surface area contributed by atoms with E-state index in [1.807, 2.05) is 0 Å². The van der Waals surface area contributed by atoms with E-state index in [9.17, 15) is 14.4 Å². The van der Waals surface area contributed by atoms with Gasteiger partial charge in [-0.15, -0.1) is 0 Å². The molecular formula is C12H22N4O4. The molecule has 0 unspecified atom stereocenters. The highest BCUT2D eigenvalue weighted by Crippen LogP contribution is 2.12. The zero-order valence-corrected chi connectivity index (χ0v) is 11.9. The van der Waals surface area contributed by atoms with Crippen LogP contribution in [0.3, 0.4) is 0 Å². The SMILES string of the molecule is CC(C)(CNC(=O)NCC(=O)N1CCNCC1)C(=O)O. The number of amides is 3. The van der Waals surface area contributed by atoms with Crippen molar-refractivity contribution in [2.45, 2.75) is 13.8 Å². The number of carboxylic acid groups (broad SMARTS) is 1. The van der Waals surface area contributed by atoms with Gasteiger partial charge in [-0.1, -0.05) is 0 Å². The van der Waals surface area contributed by atoms with Crippen molar-refractivity contribution < 1.29 is 19.5 Å². The van der Waals surface area contributed by atoms with Crippen LogP contribution in [0, 0.1) is 5.41 Å². The molecule has 4 N–H and O–H groups in total. The molecule has 1 saturated heterocycles. The predicted octanol–water partition coefficient (Wildman–Crippen LogP) is -1.17. The standard InChI is InChI=1S/C12H22N4O4/c1-12(2,10(18)19)8-15-11(20)14-7-9(17)16-5-3-13-4-6-16/h13H,3-8H2,1-2H3,(H,18,19)(H2,14,15,20).